The normalized spacial score (nSPS) is 18.3. The molecule has 4 nitrogen and oxygen atoms in total. The van der Waals surface area contributed by atoms with E-state index in [4.69, 9.17) is 5.73 Å². The van der Waals surface area contributed by atoms with E-state index >= 15 is 0 Å². The van der Waals surface area contributed by atoms with E-state index < -0.39 is 11.4 Å². The maximum absolute atomic E-state index is 13.0. The Morgan fingerprint density at radius 1 is 1.30 bits per heavy atom. The van der Waals surface area contributed by atoms with Gasteiger partial charge in [-0.3, -0.25) is 4.79 Å². The molecule has 1 aromatic rings. The molecule has 0 heterocycles. The van der Waals surface area contributed by atoms with Crippen LogP contribution in [-0.2, 0) is 0 Å². The summed E-state index contributed by atoms with van der Waals surface area (Å²) in [6.07, 6.45) is 5.64. The Kier molecular flexibility index (Phi) is 4.60. The molecule has 1 aliphatic carbocycles. The third-order valence-corrected chi connectivity index (χ3v) is 3.87. The first-order valence-electron chi connectivity index (χ1n) is 7.06. The van der Waals surface area contributed by atoms with E-state index in [2.05, 4.69) is 5.32 Å². The van der Waals surface area contributed by atoms with Gasteiger partial charge in [0.1, 0.15) is 5.82 Å². The van der Waals surface area contributed by atoms with Crippen LogP contribution >= 0.6 is 0 Å². The van der Waals surface area contributed by atoms with Crippen LogP contribution in [-0.4, -0.2) is 23.2 Å². The molecule has 0 atom stereocenters. The molecule has 1 aliphatic rings. The summed E-state index contributed by atoms with van der Waals surface area (Å²) < 4.78 is 13.0. The molecule has 110 valence electrons. The van der Waals surface area contributed by atoms with Gasteiger partial charge in [0.15, 0.2) is 0 Å². The Hall–Kier alpha value is -1.62. The van der Waals surface area contributed by atoms with Crippen molar-refractivity contribution >= 4 is 11.6 Å². The molecule has 1 fully saturated rings. The number of rotatable bonds is 3. The van der Waals surface area contributed by atoms with E-state index in [-0.39, 0.29) is 18.1 Å². The average molecular weight is 280 g/mol. The Bertz CT molecular complexity index is 483. The third-order valence-electron chi connectivity index (χ3n) is 3.87. The second kappa shape index (κ2) is 6.22. The van der Waals surface area contributed by atoms with E-state index in [0.717, 1.165) is 25.7 Å². The number of hydrogen-bond acceptors (Lipinski definition) is 3. The zero-order valence-corrected chi connectivity index (χ0v) is 11.5. The maximum Gasteiger partial charge on any atom is 0.251 e. The lowest BCUT2D eigenvalue weighted by atomic mass is 9.94. The summed E-state index contributed by atoms with van der Waals surface area (Å²) in [6, 6.07) is 3.87. The summed E-state index contributed by atoms with van der Waals surface area (Å²) in [5, 5.41) is 13.2. The Balaban J connectivity index is 1.95. The molecule has 0 spiro atoms. The second-order valence-corrected chi connectivity index (χ2v) is 5.56. The molecule has 1 saturated carbocycles. The molecule has 0 unspecified atom stereocenters. The van der Waals surface area contributed by atoms with Crippen molar-refractivity contribution in [2.45, 2.75) is 44.1 Å². The minimum atomic E-state index is -0.822. The molecular formula is C15H21FN2O2. The lowest BCUT2D eigenvalue weighted by Gasteiger charge is -2.26. The summed E-state index contributed by atoms with van der Waals surface area (Å²) in [5.74, 6) is -0.877. The highest BCUT2D eigenvalue weighted by molar-refractivity contribution is 5.95. The highest BCUT2D eigenvalue weighted by Crippen LogP contribution is 2.26. The minimum absolute atomic E-state index is 0.0502. The monoisotopic (exact) mass is 280 g/mol. The fraction of sp³-hybridized carbons (Fsp3) is 0.533. The van der Waals surface area contributed by atoms with Gasteiger partial charge in [-0.2, -0.15) is 0 Å². The molecule has 5 heteroatoms. The molecule has 0 saturated heterocycles. The van der Waals surface area contributed by atoms with E-state index in [9.17, 15) is 14.3 Å². The molecule has 20 heavy (non-hydrogen) atoms. The SMILES string of the molecule is Nc1cc(C(=O)NCC2(O)CCCCCC2)ccc1F. The molecule has 1 amide bonds. The Labute approximate surface area is 118 Å². The van der Waals surface area contributed by atoms with Gasteiger partial charge >= 0.3 is 0 Å². The zero-order valence-electron chi connectivity index (χ0n) is 11.5. The quantitative estimate of drug-likeness (QED) is 0.587. The summed E-state index contributed by atoms with van der Waals surface area (Å²) >= 11 is 0. The van der Waals surface area contributed by atoms with Gasteiger partial charge in [0.2, 0.25) is 0 Å². The van der Waals surface area contributed by atoms with Gasteiger partial charge in [0, 0.05) is 12.1 Å². The summed E-state index contributed by atoms with van der Waals surface area (Å²) in [4.78, 5) is 12.0. The van der Waals surface area contributed by atoms with Gasteiger partial charge in [0.05, 0.1) is 11.3 Å². The van der Waals surface area contributed by atoms with E-state index in [1.807, 2.05) is 0 Å². The van der Waals surface area contributed by atoms with E-state index in [1.54, 1.807) is 0 Å². The highest BCUT2D eigenvalue weighted by atomic mass is 19.1. The Morgan fingerprint density at radius 3 is 2.55 bits per heavy atom. The van der Waals surface area contributed by atoms with Gasteiger partial charge in [-0.05, 0) is 31.0 Å². The lowest BCUT2D eigenvalue weighted by molar-refractivity contribution is 0.0246. The number of nitrogens with two attached hydrogens (primary N) is 1. The largest absolute Gasteiger partial charge is 0.396 e. The number of carbonyl (C=O) groups excluding carboxylic acids is 1. The molecule has 0 aromatic heterocycles. The van der Waals surface area contributed by atoms with Gasteiger partial charge in [-0.25, -0.2) is 4.39 Å². The van der Waals surface area contributed by atoms with Crippen LogP contribution in [0.15, 0.2) is 18.2 Å². The number of halogens is 1. The van der Waals surface area contributed by atoms with Crippen molar-refractivity contribution in [1.82, 2.24) is 5.32 Å². The number of carbonyl (C=O) groups is 1. The van der Waals surface area contributed by atoms with Gasteiger partial charge in [-0.1, -0.05) is 25.7 Å². The molecule has 4 N–H and O–H groups in total. The van der Waals surface area contributed by atoms with Crippen LogP contribution < -0.4 is 11.1 Å². The first kappa shape index (κ1) is 14.8. The molecule has 0 bridgehead atoms. The van der Waals surface area contributed by atoms with Crippen molar-refractivity contribution in [1.29, 1.82) is 0 Å². The molecule has 0 radical (unpaired) electrons. The van der Waals surface area contributed by atoms with E-state index in [0.29, 0.717) is 18.4 Å². The fourth-order valence-corrected chi connectivity index (χ4v) is 2.60. The zero-order chi connectivity index (χ0) is 14.6. The number of benzene rings is 1. The lowest BCUT2D eigenvalue weighted by Crippen LogP contribution is -2.42. The second-order valence-electron chi connectivity index (χ2n) is 5.56. The molecule has 0 aliphatic heterocycles. The maximum atomic E-state index is 13.0. The van der Waals surface area contributed by atoms with Crippen LogP contribution in [0.25, 0.3) is 0 Å². The van der Waals surface area contributed by atoms with Crippen LogP contribution in [0.1, 0.15) is 48.9 Å². The first-order chi connectivity index (χ1) is 9.50. The van der Waals surface area contributed by atoms with Crippen molar-refractivity contribution in [3.05, 3.63) is 29.6 Å². The smallest absolute Gasteiger partial charge is 0.251 e. The van der Waals surface area contributed by atoms with Crippen LogP contribution in [0, 0.1) is 5.82 Å². The number of amides is 1. The first-order valence-corrected chi connectivity index (χ1v) is 7.06. The van der Waals surface area contributed by atoms with Gasteiger partial charge in [0.25, 0.3) is 5.91 Å². The minimum Gasteiger partial charge on any atom is -0.396 e. The number of aliphatic hydroxyl groups is 1. The molecule has 1 aromatic carbocycles. The predicted molar refractivity (Wildman–Crippen MR) is 75.8 cm³/mol. The summed E-state index contributed by atoms with van der Waals surface area (Å²) in [7, 11) is 0. The topological polar surface area (TPSA) is 75.4 Å². The van der Waals surface area contributed by atoms with Gasteiger partial charge in [-0.15, -0.1) is 0 Å². The number of nitrogens with one attached hydrogen (secondary N) is 1. The van der Waals surface area contributed by atoms with Crippen LogP contribution in [0.2, 0.25) is 0 Å². The van der Waals surface area contributed by atoms with Crippen molar-refractivity contribution < 1.29 is 14.3 Å². The van der Waals surface area contributed by atoms with Gasteiger partial charge < -0.3 is 16.2 Å². The van der Waals surface area contributed by atoms with Crippen molar-refractivity contribution in [2.75, 3.05) is 12.3 Å². The highest BCUT2D eigenvalue weighted by Gasteiger charge is 2.28. The Morgan fingerprint density at radius 2 is 1.95 bits per heavy atom. The van der Waals surface area contributed by atoms with Crippen molar-refractivity contribution in [3.63, 3.8) is 0 Å². The number of hydrogen-bond donors (Lipinski definition) is 3. The summed E-state index contributed by atoms with van der Waals surface area (Å²) in [6.45, 7) is 0.225. The predicted octanol–water partition coefficient (Wildman–Crippen LogP) is 2.22. The summed E-state index contributed by atoms with van der Waals surface area (Å²) in [5.41, 5.74) is 4.87. The molecule has 2 rings (SSSR count). The standard InChI is InChI=1S/C15H21FN2O2/c16-12-6-5-11(9-13(12)17)14(19)18-10-15(20)7-3-1-2-4-8-15/h5-6,9,20H,1-4,7-8,10,17H2,(H,18,19). The van der Waals surface area contributed by atoms with Crippen LogP contribution in [0.5, 0.6) is 0 Å². The van der Waals surface area contributed by atoms with E-state index in [1.165, 1.54) is 18.2 Å². The number of anilines is 1. The molecular weight excluding hydrogens is 259 g/mol. The van der Waals surface area contributed by atoms with Crippen LogP contribution in [0.3, 0.4) is 0 Å². The third kappa shape index (κ3) is 3.70. The van der Waals surface area contributed by atoms with Crippen molar-refractivity contribution in [2.24, 2.45) is 0 Å². The van der Waals surface area contributed by atoms with Crippen LogP contribution in [0.4, 0.5) is 10.1 Å². The van der Waals surface area contributed by atoms with Crippen molar-refractivity contribution in [3.8, 4) is 0 Å². The number of nitrogen functional groups attached to an aromatic ring is 1. The average Bonchev–Trinajstić information content (AvgIpc) is 2.65. The fourth-order valence-electron chi connectivity index (χ4n) is 2.60.